The van der Waals surface area contributed by atoms with Crippen LogP contribution in [-0.4, -0.2) is 42.7 Å². The van der Waals surface area contributed by atoms with E-state index in [2.05, 4.69) is 0 Å². The Morgan fingerprint density at radius 3 is 2.00 bits per heavy atom. The quantitative estimate of drug-likeness (QED) is 0.376. The molecule has 0 aliphatic rings. The molecule has 0 bridgehead atoms. The van der Waals surface area contributed by atoms with Gasteiger partial charge in [-0.1, -0.05) is 0 Å². The molecule has 4 heteroatoms. The summed E-state index contributed by atoms with van der Waals surface area (Å²) in [5.41, 5.74) is 0. The summed E-state index contributed by atoms with van der Waals surface area (Å²) in [5.74, 6) is 0. The summed E-state index contributed by atoms with van der Waals surface area (Å²) in [6.45, 7) is 0. The average molecular weight is 86.3 g/mol. The summed E-state index contributed by atoms with van der Waals surface area (Å²) in [6, 6.07) is 0. The summed E-state index contributed by atoms with van der Waals surface area (Å²) in [4.78, 5) is 0. The van der Waals surface area contributed by atoms with Gasteiger partial charge in [-0.25, -0.2) is 0 Å². The van der Waals surface area contributed by atoms with E-state index in [-0.39, 0.29) is 25.9 Å². The summed E-state index contributed by atoms with van der Waals surface area (Å²) in [5, 5.41) is 0. The molecular formula is H3AlMgO2. The summed E-state index contributed by atoms with van der Waals surface area (Å²) in [6.07, 6.45) is 0. The van der Waals surface area contributed by atoms with Gasteiger partial charge in [0.15, 0.2) is 0 Å². The Hall–Kier alpha value is 0.899. The van der Waals surface area contributed by atoms with Gasteiger partial charge in [0.2, 0.25) is 0 Å². The van der Waals surface area contributed by atoms with E-state index in [4.69, 9.17) is 7.96 Å². The fourth-order valence-electron chi connectivity index (χ4n) is 0. The van der Waals surface area contributed by atoms with Gasteiger partial charge in [-0.3, -0.25) is 0 Å². The Morgan fingerprint density at radius 2 is 2.00 bits per heavy atom. The molecule has 0 aliphatic heterocycles. The van der Waals surface area contributed by atoms with Gasteiger partial charge in [0.05, 0.1) is 0 Å². The second-order valence-electron chi connectivity index (χ2n) is 0.105. The molecule has 0 aromatic rings. The molecule has 0 heterocycles. The zero-order valence-corrected chi connectivity index (χ0v) is 4.71. The molecule has 0 atom stereocenters. The van der Waals surface area contributed by atoms with Crippen molar-refractivity contribution in [3.05, 3.63) is 0 Å². The average Bonchev–Trinajstić information content (AvgIpc) is 0.918. The zero-order chi connectivity index (χ0) is 2.71. The van der Waals surface area contributed by atoms with E-state index >= 15 is 0 Å². The van der Waals surface area contributed by atoms with E-state index in [1.54, 1.807) is 0 Å². The second-order valence-corrected chi connectivity index (χ2v) is 0.316. The number of rotatable bonds is 0. The molecule has 0 rings (SSSR count). The van der Waals surface area contributed by atoms with Crippen molar-refractivity contribution in [2.24, 2.45) is 0 Å². The van der Waals surface area contributed by atoms with Crippen LogP contribution in [0.15, 0.2) is 0 Å². The normalized spacial score (nSPS) is 2.00. The van der Waals surface area contributed by atoms with Gasteiger partial charge in [0, 0.05) is 0 Å². The molecule has 0 radical (unpaired) electrons. The maximum absolute atomic E-state index is 8.57. The van der Waals surface area contributed by atoms with Crippen LogP contribution in [0.1, 0.15) is 2.85 Å². The van der Waals surface area contributed by atoms with Crippen LogP contribution in [0.4, 0.5) is 0 Å². The van der Waals surface area contributed by atoms with Crippen LogP contribution in [0.25, 0.3) is 0 Å². The third-order valence-electron chi connectivity index (χ3n) is 0. The van der Waals surface area contributed by atoms with Crippen LogP contribution in [0.2, 0.25) is 0 Å². The molecule has 0 unspecified atom stereocenters. The predicted octanol–water partition coefficient (Wildman–Crippen LogP) is -1.21. The third kappa shape index (κ3) is 12.9. The number of hydrogen-bond donors (Lipinski definition) is 1. The molecule has 0 aromatic heterocycles. The summed E-state index contributed by atoms with van der Waals surface area (Å²) in [7, 11) is 0. The maximum atomic E-state index is 8.57. The Morgan fingerprint density at radius 1 is 2.00 bits per heavy atom. The molecule has 0 saturated heterocycles. The van der Waals surface area contributed by atoms with Gasteiger partial charge in [0.1, 0.15) is 0 Å². The van der Waals surface area contributed by atoms with Crippen molar-refractivity contribution in [2.45, 2.75) is 0 Å². The van der Waals surface area contributed by atoms with Gasteiger partial charge in [-0.15, -0.1) is 0 Å². The first-order valence-corrected chi connectivity index (χ1v) is 1.48. The van der Waals surface area contributed by atoms with Crippen LogP contribution in [-0.2, 0) is 3.80 Å². The molecular weight excluding hydrogens is 83.3 g/mol. The summed E-state index contributed by atoms with van der Waals surface area (Å²) < 4.78 is 15.7. The van der Waals surface area contributed by atoms with E-state index in [1.165, 1.54) is 0 Å². The molecule has 4 heavy (non-hydrogen) atoms. The molecule has 0 saturated carbocycles. The third-order valence-corrected chi connectivity index (χ3v) is 0. The van der Waals surface area contributed by atoms with E-state index in [9.17, 15) is 0 Å². The Bertz CT molecular complexity index is 19.0. The van der Waals surface area contributed by atoms with Crippen molar-refractivity contribution in [1.82, 2.24) is 0 Å². The molecule has 2 nitrogen and oxygen atoms in total. The van der Waals surface area contributed by atoms with Crippen LogP contribution < -0.4 is 0 Å². The fraction of sp³-hybridized carbons (Fsp3) is 0. The predicted molar refractivity (Wildman–Crippen MR) is 16.6 cm³/mol. The van der Waals surface area contributed by atoms with Crippen molar-refractivity contribution in [2.75, 3.05) is 0 Å². The Kier molecular flexibility index (Phi) is 20.1. The van der Waals surface area contributed by atoms with Crippen LogP contribution in [0.5, 0.6) is 0 Å². The van der Waals surface area contributed by atoms with Crippen molar-refractivity contribution < 1.29 is 10.8 Å². The van der Waals surface area contributed by atoms with Crippen LogP contribution >= 0.6 is 0 Å². The van der Waals surface area contributed by atoms with Crippen LogP contribution in [0.3, 0.4) is 0 Å². The Labute approximate surface area is 49.6 Å². The first-order chi connectivity index (χ1) is 1.41. The van der Waals surface area contributed by atoms with Gasteiger partial charge in [0.25, 0.3) is 0 Å². The minimum atomic E-state index is -1.50. The monoisotopic (exact) mass is 86.0 g/mol. The van der Waals surface area contributed by atoms with Crippen molar-refractivity contribution >= 4 is 38.5 Å². The van der Waals surface area contributed by atoms with E-state index in [0.717, 1.165) is 0 Å². The van der Waals surface area contributed by atoms with Gasteiger partial charge >= 0.3 is 46.5 Å². The Balaban J connectivity index is -0.00000000667. The second kappa shape index (κ2) is 9.09. The fourth-order valence-corrected chi connectivity index (χ4v) is 0. The van der Waals surface area contributed by atoms with Crippen molar-refractivity contribution in [3.8, 4) is 0 Å². The summed E-state index contributed by atoms with van der Waals surface area (Å²) >= 11 is -1.50. The molecule has 20 valence electrons. The minimum absolute atomic E-state index is 0. The van der Waals surface area contributed by atoms with Crippen LogP contribution in [0, 0.1) is 0 Å². The topological polar surface area (TPSA) is 37.3 Å². The molecule has 0 spiro atoms. The van der Waals surface area contributed by atoms with E-state index in [0.29, 0.717) is 0 Å². The molecule has 0 fully saturated rings. The zero-order valence-electron chi connectivity index (χ0n) is 4.14. The van der Waals surface area contributed by atoms with Gasteiger partial charge < -0.3 is 2.85 Å². The first-order valence-electron chi connectivity index (χ1n) is 0.494. The SMILES string of the molecule is [H-].[H-].[Mg+2].[O]=[Al][OH]. The van der Waals surface area contributed by atoms with E-state index in [1.807, 2.05) is 0 Å². The van der Waals surface area contributed by atoms with Crippen molar-refractivity contribution in [1.29, 1.82) is 0 Å². The van der Waals surface area contributed by atoms with Gasteiger partial charge in [-0.05, 0) is 0 Å². The first kappa shape index (κ1) is 8.86. The molecule has 1 N–H and O–H groups in total. The van der Waals surface area contributed by atoms with Gasteiger partial charge in [-0.2, -0.15) is 0 Å². The number of hydrogen-bond acceptors (Lipinski definition) is 1. The molecule has 0 amide bonds. The molecule has 0 aliphatic carbocycles. The van der Waals surface area contributed by atoms with Crippen molar-refractivity contribution in [3.63, 3.8) is 0 Å². The molecule has 0 aromatic carbocycles. The standard InChI is InChI=1S/Al.Mg.H2O.O.2H/h;;1H2;;;/q+1;+2;;;2*-1/p-1. The van der Waals surface area contributed by atoms with E-state index < -0.39 is 15.5 Å².